The summed E-state index contributed by atoms with van der Waals surface area (Å²) in [4.78, 5) is 0. The molecule has 1 unspecified atom stereocenters. The van der Waals surface area contributed by atoms with Gasteiger partial charge in [-0.25, -0.2) is 9.07 Å². The van der Waals surface area contributed by atoms with Crippen molar-refractivity contribution in [1.82, 2.24) is 35.1 Å². The van der Waals surface area contributed by atoms with E-state index in [1.165, 1.54) is 28.6 Å². The van der Waals surface area contributed by atoms with Gasteiger partial charge in [-0.15, -0.1) is 15.3 Å². The molecule has 136 valence electrons. The predicted octanol–water partition coefficient (Wildman–Crippen LogP) is 2.63. The lowest BCUT2D eigenvalue weighted by molar-refractivity contribution is 0.628. The van der Waals surface area contributed by atoms with Crippen LogP contribution in [0.1, 0.15) is 18.0 Å². The highest BCUT2D eigenvalue weighted by atomic mass is 32.2. The number of benzene rings is 2. The topological polar surface area (TPSA) is 100 Å². The summed E-state index contributed by atoms with van der Waals surface area (Å²) in [6, 6.07) is 15.5. The molecule has 4 aromatic rings. The molecule has 2 aromatic carbocycles. The van der Waals surface area contributed by atoms with Crippen LogP contribution in [-0.2, 0) is 0 Å². The average molecular weight is 382 g/mol. The molecule has 10 heteroatoms. The van der Waals surface area contributed by atoms with Gasteiger partial charge in [0.25, 0.3) is 0 Å². The van der Waals surface area contributed by atoms with Crippen molar-refractivity contribution in [2.45, 2.75) is 17.3 Å². The molecule has 2 aromatic heterocycles. The zero-order chi connectivity index (χ0) is 18.8. The van der Waals surface area contributed by atoms with Crippen LogP contribution in [0.25, 0.3) is 17.1 Å². The molecule has 0 bridgehead atoms. The monoisotopic (exact) mass is 382 g/mol. The van der Waals surface area contributed by atoms with Crippen molar-refractivity contribution < 1.29 is 4.39 Å². The molecule has 0 aliphatic rings. The van der Waals surface area contributed by atoms with E-state index in [2.05, 4.69) is 25.7 Å². The van der Waals surface area contributed by atoms with Gasteiger partial charge in [-0.1, -0.05) is 30.0 Å². The van der Waals surface area contributed by atoms with E-state index in [9.17, 15) is 4.39 Å². The Balaban J connectivity index is 1.59. The van der Waals surface area contributed by atoms with E-state index < -0.39 is 0 Å². The number of hydrogen-bond acceptors (Lipinski definition) is 7. The first kappa shape index (κ1) is 17.2. The van der Waals surface area contributed by atoms with Gasteiger partial charge in [0, 0.05) is 5.56 Å². The lowest BCUT2D eigenvalue weighted by atomic mass is 10.2. The molecule has 1 atom stereocenters. The maximum absolute atomic E-state index is 13.1. The molecule has 0 fully saturated rings. The van der Waals surface area contributed by atoms with E-state index in [1.54, 1.807) is 16.8 Å². The molecule has 27 heavy (non-hydrogen) atoms. The summed E-state index contributed by atoms with van der Waals surface area (Å²) in [6.45, 7) is 1.96. The SMILES string of the molecule is CC(Sc1nnc(-c2ccc(F)cc2)n1N)c1nnnn1-c1ccccc1. The minimum Gasteiger partial charge on any atom is -0.335 e. The molecule has 0 saturated heterocycles. The van der Waals surface area contributed by atoms with Crippen molar-refractivity contribution in [2.24, 2.45) is 0 Å². The highest BCUT2D eigenvalue weighted by Crippen LogP contribution is 2.33. The number of hydrogen-bond donors (Lipinski definition) is 1. The maximum atomic E-state index is 13.1. The van der Waals surface area contributed by atoms with Crippen LogP contribution in [0.5, 0.6) is 0 Å². The van der Waals surface area contributed by atoms with Gasteiger partial charge in [-0.2, -0.15) is 4.68 Å². The number of thioether (sulfide) groups is 1. The van der Waals surface area contributed by atoms with E-state index in [-0.39, 0.29) is 11.1 Å². The second-order valence-corrected chi connectivity index (χ2v) is 7.04. The van der Waals surface area contributed by atoms with Gasteiger partial charge in [0.15, 0.2) is 11.6 Å². The largest absolute Gasteiger partial charge is 0.335 e. The number of nitrogens with zero attached hydrogens (tertiary/aromatic N) is 7. The van der Waals surface area contributed by atoms with Crippen LogP contribution < -0.4 is 5.84 Å². The van der Waals surface area contributed by atoms with Crippen LogP contribution in [0.4, 0.5) is 4.39 Å². The Bertz CT molecular complexity index is 1040. The van der Waals surface area contributed by atoms with Crippen LogP contribution in [-0.4, -0.2) is 35.1 Å². The summed E-state index contributed by atoms with van der Waals surface area (Å²) in [6.07, 6.45) is 0. The van der Waals surface area contributed by atoms with Crippen molar-refractivity contribution in [1.29, 1.82) is 0 Å². The average Bonchev–Trinajstić information content (AvgIpc) is 3.31. The first-order chi connectivity index (χ1) is 13.1. The van der Waals surface area contributed by atoms with Gasteiger partial charge in [-0.05, 0) is 53.7 Å². The normalized spacial score (nSPS) is 12.2. The fourth-order valence-corrected chi connectivity index (χ4v) is 3.42. The standard InChI is InChI=1S/C17H15FN8S/c1-11(15-21-23-24-26(15)14-5-3-2-4-6-14)27-17-22-20-16(25(17)19)12-7-9-13(18)10-8-12/h2-11H,19H2,1H3. The highest BCUT2D eigenvalue weighted by Gasteiger charge is 2.21. The Labute approximate surface area is 158 Å². The fourth-order valence-electron chi connectivity index (χ4n) is 2.56. The van der Waals surface area contributed by atoms with Crippen molar-refractivity contribution >= 4 is 11.8 Å². The van der Waals surface area contributed by atoms with Crippen molar-refractivity contribution in [3.63, 3.8) is 0 Å². The van der Waals surface area contributed by atoms with Gasteiger partial charge in [0.2, 0.25) is 5.16 Å². The van der Waals surface area contributed by atoms with E-state index >= 15 is 0 Å². The first-order valence-corrected chi connectivity index (χ1v) is 8.98. The molecule has 0 aliphatic carbocycles. The Morgan fingerprint density at radius 3 is 2.48 bits per heavy atom. The molecule has 4 rings (SSSR count). The number of nitrogen functional groups attached to an aromatic ring is 1. The van der Waals surface area contributed by atoms with Crippen LogP contribution in [0.2, 0.25) is 0 Å². The number of aromatic nitrogens is 7. The molecule has 0 spiro atoms. The van der Waals surface area contributed by atoms with Gasteiger partial charge < -0.3 is 5.84 Å². The maximum Gasteiger partial charge on any atom is 0.210 e. The smallest absolute Gasteiger partial charge is 0.210 e. The molecule has 2 N–H and O–H groups in total. The minimum atomic E-state index is -0.321. The molecule has 8 nitrogen and oxygen atoms in total. The highest BCUT2D eigenvalue weighted by molar-refractivity contribution is 7.99. The third-order valence-electron chi connectivity index (χ3n) is 3.91. The molecular formula is C17H15FN8S. The third kappa shape index (κ3) is 3.38. The van der Waals surface area contributed by atoms with Gasteiger partial charge in [0.1, 0.15) is 5.82 Å². The zero-order valence-corrected chi connectivity index (χ0v) is 15.1. The second-order valence-electron chi connectivity index (χ2n) is 5.73. The summed E-state index contributed by atoms with van der Waals surface area (Å²) in [5.74, 6) is 6.94. The van der Waals surface area contributed by atoms with Crippen LogP contribution >= 0.6 is 11.8 Å². The van der Waals surface area contributed by atoms with E-state index in [4.69, 9.17) is 5.84 Å². The first-order valence-electron chi connectivity index (χ1n) is 8.10. The number of nitrogens with two attached hydrogens (primary N) is 1. The van der Waals surface area contributed by atoms with Crippen LogP contribution in [0, 0.1) is 5.82 Å². The second kappa shape index (κ2) is 7.16. The Morgan fingerprint density at radius 2 is 1.74 bits per heavy atom. The quantitative estimate of drug-likeness (QED) is 0.418. The third-order valence-corrected chi connectivity index (χ3v) is 4.96. The van der Waals surface area contributed by atoms with Crippen LogP contribution in [0.3, 0.4) is 0 Å². The number of rotatable bonds is 5. The number of halogens is 1. The summed E-state index contributed by atoms with van der Waals surface area (Å²) in [5.41, 5.74) is 1.55. The van der Waals surface area contributed by atoms with Crippen molar-refractivity contribution in [3.05, 3.63) is 66.2 Å². The lowest BCUT2D eigenvalue weighted by Gasteiger charge is -2.11. The molecular weight excluding hydrogens is 367 g/mol. The van der Waals surface area contributed by atoms with E-state index in [1.807, 2.05) is 37.3 Å². The Morgan fingerprint density at radius 1 is 1.00 bits per heavy atom. The predicted molar refractivity (Wildman–Crippen MR) is 99.0 cm³/mol. The molecule has 0 radical (unpaired) electrons. The molecule has 0 saturated carbocycles. The van der Waals surface area contributed by atoms with Gasteiger partial charge in [-0.3, -0.25) is 0 Å². The molecule has 0 amide bonds. The fraction of sp³-hybridized carbons (Fsp3) is 0.118. The Kier molecular flexibility index (Phi) is 4.55. The molecule has 2 heterocycles. The summed E-state index contributed by atoms with van der Waals surface area (Å²) < 4.78 is 16.2. The van der Waals surface area contributed by atoms with Crippen molar-refractivity contribution in [2.75, 3.05) is 5.84 Å². The van der Waals surface area contributed by atoms with Crippen LogP contribution in [0.15, 0.2) is 59.8 Å². The molecule has 0 aliphatic heterocycles. The minimum absolute atomic E-state index is 0.132. The summed E-state index contributed by atoms with van der Waals surface area (Å²) in [5, 5.41) is 20.6. The van der Waals surface area contributed by atoms with Crippen molar-refractivity contribution in [3.8, 4) is 17.1 Å². The van der Waals surface area contributed by atoms with E-state index in [0.29, 0.717) is 22.4 Å². The van der Waals surface area contributed by atoms with E-state index in [0.717, 1.165) is 5.69 Å². The Hall–Kier alpha value is -3.27. The summed E-state index contributed by atoms with van der Waals surface area (Å²) in [7, 11) is 0. The van der Waals surface area contributed by atoms with Gasteiger partial charge in [0.05, 0.1) is 10.9 Å². The lowest BCUT2D eigenvalue weighted by Crippen LogP contribution is -2.12. The number of para-hydroxylation sites is 1. The zero-order valence-electron chi connectivity index (χ0n) is 14.3. The summed E-state index contributed by atoms with van der Waals surface area (Å²) >= 11 is 1.38. The van der Waals surface area contributed by atoms with Gasteiger partial charge >= 0.3 is 0 Å². The number of tetrazole rings is 1.